The second-order valence-corrected chi connectivity index (χ2v) is 8.62. The number of aromatic nitrogens is 1. The van der Waals surface area contributed by atoms with Crippen LogP contribution in [-0.4, -0.2) is 61.2 Å². The molecule has 2 N–H and O–H groups in total. The van der Waals surface area contributed by atoms with Crippen LogP contribution < -0.4 is 15.5 Å². The van der Waals surface area contributed by atoms with E-state index in [0.29, 0.717) is 35.4 Å². The third-order valence-corrected chi connectivity index (χ3v) is 6.04. The van der Waals surface area contributed by atoms with Crippen molar-refractivity contribution in [3.05, 3.63) is 52.6 Å². The Morgan fingerprint density at radius 3 is 2.67 bits per heavy atom. The highest BCUT2D eigenvalue weighted by molar-refractivity contribution is 9.10. The van der Waals surface area contributed by atoms with E-state index in [0.717, 1.165) is 24.7 Å². The zero-order valence-electron chi connectivity index (χ0n) is 16.8. The monoisotopic (exact) mass is 492 g/mol. The van der Waals surface area contributed by atoms with Crippen molar-refractivity contribution in [2.45, 2.75) is 12.5 Å². The van der Waals surface area contributed by atoms with Gasteiger partial charge in [0, 0.05) is 17.6 Å². The fourth-order valence-electron chi connectivity index (χ4n) is 3.05. The maximum Gasteiger partial charge on any atom is 0.253 e. The van der Waals surface area contributed by atoms with E-state index in [4.69, 9.17) is 4.74 Å². The number of thioether (sulfide) groups is 1. The second-order valence-electron chi connectivity index (χ2n) is 6.78. The summed E-state index contributed by atoms with van der Waals surface area (Å²) in [6, 6.07) is 10.2. The zero-order valence-corrected chi connectivity index (χ0v) is 19.2. The summed E-state index contributed by atoms with van der Waals surface area (Å²) in [6.07, 6.45) is 4.14. The summed E-state index contributed by atoms with van der Waals surface area (Å²) in [7, 11) is 0. The Bertz CT molecular complexity index is 860. The van der Waals surface area contributed by atoms with Crippen LogP contribution in [0.25, 0.3) is 0 Å². The number of hydrogen-bond acceptors (Lipinski definition) is 6. The molecular formula is C21H25BrN4O3S. The molecule has 7 nitrogen and oxygen atoms in total. The number of amides is 2. The maximum absolute atomic E-state index is 12.9. The highest BCUT2D eigenvalue weighted by Crippen LogP contribution is 2.18. The molecule has 0 saturated carbocycles. The molecule has 0 radical (unpaired) electrons. The second kappa shape index (κ2) is 11.3. The van der Waals surface area contributed by atoms with Gasteiger partial charge in [-0.1, -0.05) is 12.1 Å². The fraction of sp³-hybridized carbons (Fsp3) is 0.381. The lowest BCUT2D eigenvalue weighted by Gasteiger charge is -2.27. The van der Waals surface area contributed by atoms with E-state index < -0.39 is 6.04 Å². The number of morpholine rings is 1. The summed E-state index contributed by atoms with van der Waals surface area (Å²) >= 11 is 5.01. The molecule has 0 aliphatic carbocycles. The number of carbonyl (C=O) groups excluding carboxylic acids is 2. The third kappa shape index (κ3) is 6.20. The predicted molar refractivity (Wildman–Crippen MR) is 124 cm³/mol. The van der Waals surface area contributed by atoms with Crippen molar-refractivity contribution in [1.82, 2.24) is 10.3 Å². The van der Waals surface area contributed by atoms with Crippen LogP contribution in [0.15, 0.2) is 47.1 Å². The first-order valence-corrected chi connectivity index (χ1v) is 11.9. The molecule has 1 aromatic carbocycles. The quantitative estimate of drug-likeness (QED) is 0.588. The van der Waals surface area contributed by atoms with Gasteiger partial charge in [0.25, 0.3) is 5.91 Å². The van der Waals surface area contributed by atoms with E-state index in [9.17, 15) is 9.59 Å². The molecule has 30 heavy (non-hydrogen) atoms. The van der Waals surface area contributed by atoms with E-state index in [1.54, 1.807) is 36.2 Å². The normalized spacial score (nSPS) is 14.8. The molecular weight excluding hydrogens is 468 g/mol. The number of anilines is 2. The van der Waals surface area contributed by atoms with Crippen molar-refractivity contribution < 1.29 is 14.3 Å². The standard InChI is InChI=1S/C21H25BrN4O3S/c1-30-13-8-18(25-20(27)16-4-2-3-5-17(16)22)21(28)24-15-6-7-19(23-14-15)26-9-11-29-12-10-26/h2-7,14,18H,8-13H2,1H3,(H,24,28)(H,25,27). The minimum Gasteiger partial charge on any atom is -0.378 e. The summed E-state index contributed by atoms with van der Waals surface area (Å²) in [6.45, 7) is 2.98. The van der Waals surface area contributed by atoms with Gasteiger partial charge in [-0.2, -0.15) is 11.8 Å². The number of carbonyl (C=O) groups is 2. The molecule has 2 aromatic rings. The highest BCUT2D eigenvalue weighted by atomic mass is 79.9. The lowest BCUT2D eigenvalue weighted by molar-refractivity contribution is -0.118. The molecule has 1 aliphatic heterocycles. The molecule has 2 heterocycles. The van der Waals surface area contributed by atoms with Crippen LogP contribution in [0.5, 0.6) is 0 Å². The Balaban J connectivity index is 1.64. The lowest BCUT2D eigenvalue weighted by Crippen LogP contribution is -2.44. The minimum absolute atomic E-state index is 0.259. The van der Waals surface area contributed by atoms with Crippen molar-refractivity contribution in [1.29, 1.82) is 0 Å². The average Bonchev–Trinajstić information content (AvgIpc) is 2.78. The van der Waals surface area contributed by atoms with Crippen LogP contribution in [0, 0.1) is 0 Å². The summed E-state index contributed by atoms with van der Waals surface area (Å²) in [4.78, 5) is 32.1. The molecule has 1 aromatic heterocycles. The van der Waals surface area contributed by atoms with Gasteiger partial charge < -0.3 is 20.3 Å². The van der Waals surface area contributed by atoms with Crippen LogP contribution in [0.2, 0.25) is 0 Å². The van der Waals surface area contributed by atoms with Gasteiger partial charge in [0.2, 0.25) is 5.91 Å². The Hall–Kier alpha value is -2.10. The van der Waals surface area contributed by atoms with E-state index in [1.807, 2.05) is 24.5 Å². The third-order valence-electron chi connectivity index (χ3n) is 4.70. The van der Waals surface area contributed by atoms with Gasteiger partial charge in [-0.15, -0.1) is 0 Å². The first-order valence-electron chi connectivity index (χ1n) is 9.72. The summed E-state index contributed by atoms with van der Waals surface area (Å²) in [5, 5.41) is 5.73. The van der Waals surface area contributed by atoms with Gasteiger partial charge >= 0.3 is 0 Å². The molecule has 9 heteroatoms. The van der Waals surface area contributed by atoms with Crippen LogP contribution >= 0.6 is 27.7 Å². The minimum atomic E-state index is -0.643. The van der Waals surface area contributed by atoms with E-state index in [1.165, 1.54) is 0 Å². The number of nitrogens with zero attached hydrogens (tertiary/aromatic N) is 2. The fourth-order valence-corrected chi connectivity index (χ4v) is 3.99. The molecule has 1 aliphatic rings. The maximum atomic E-state index is 12.9. The SMILES string of the molecule is CSCCC(NC(=O)c1ccccc1Br)C(=O)Nc1ccc(N2CCOCC2)nc1. The number of halogens is 1. The highest BCUT2D eigenvalue weighted by Gasteiger charge is 2.22. The molecule has 1 atom stereocenters. The van der Waals surface area contributed by atoms with Crippen molar-refractivity contribution >= 4 is 51.0 Å². The van der Waals surface area contributed by atoms with Crippen LogP contribution in [-0.2, 0) is 9.53 Å². The molecule has 1 unspecified atom stereocenters. The summed E-state index contributed by atoms with van der Waals surface area (Å²) in [5.74, 6) is 1.06. The molecule has 160 valence electrons. The number of nitrogens with one attached hydrogen (secondary N) is 2. The smallest absolute Gasteiger partial charge is 0.253 e. The number of ether oxygens (including phenoxy) is 1. The molecule has 2 amide bonds. The molecule has 3 rings (SSSR count). The largest absolute Gasteiger partial charge is 0.378 e. The van der Waals surface area contributed by atoms with Gasteiger partial charge in [0.15, 0.2) is 0 Å². The van der Waals surface area contributed by atoms with Crippen molar-refractivity contribution in [3.8, 4) is 0 Å². The molecule has 1 fully saturated rings. The summed E-state index contributed by atoms with van der Waals surface area (Å²) < 4.78 is 6.05. The summed E-state index contributed by atoms with van der Waals surface area (Å²) in [5.41, 5.74) is 1.09. The Morgan fingerprint density at radius 1 is 1.23 bits per heavy atom. The van der Waals surface area contributed by atoms with Gasteiger partial charge in [-0.25, -0.2) is 4.98 Å². The van der Waals surface area contributed by atoms with Crippen molar-refractivity contribution in [2.75, 3.05) is 48.5 Å². The average molecular weight is 493 g/mol. The number of rotatable bonds is 8. The van der Waals surface area contributed by atoms with Crippen LogP contribution in [0.4, 0.5) is 11.5 Å². The molecule has 1 saturated heterocycles. The van der Waals surface area contributed by atoms with Gasteiger partial charge in [0.05, 0.1) is 30.7 Å². The number of hydrogen-bond donors (Lipinski definition) is 2. The van der Waals surface area contributed by atoms with Crippen LogP contribution in [0.1, 0.15) is 16.8 Å². The van der Waals surface area contributed by atoms with Gasteiger partial charge in [-0.05, 0) is 58.6 Å². The lowest BCUT2D eigenvalue weighted by atomic mass is 10.1. The number of benzene rings is 1. The van der Waals surface area contributed by atoms with Crippen molar-refractivity contribution in [3.63, 3.8) is 0 Å². The van der Waals surface area contributed by atoms with E-state index >= 15 is 0 Å². The molecule has 0 spiro atoms. The zero-order chi connectivity index (χ0) is 21.3. The Labute approximate surface area is 189 Å². The molecule has 0 bridgehead atoms. The van der Waals surface area contributed by atoms with Gasteiger partial charge in [0.1, 0.15) is 11.9 Å². The van der Waals surface area contributed by atoms with Crippen LogP contribution in [0.3, 0.4) is 0 Å². The van der Waals surface area contributed by atoms with E-state index in [2.05, 4.69) is 36.4 Å². The van der Waals surface area contributed by atoms with Gasteiger partial charge in [-0.3, -0.25) is 9.59 Å². The first-order chi connectivity index (χ1) is 14.6. The number of pyridine rings is 1. The first kappa shape index (κ1) is 22.6. The van der Waals surface area contributed by atoms with E-state index in [-0.39, 0.29) is 11.8 Å². The predicted octanol–water partition coefficient (Wildman–Crippen LogP) is 3.17. The Kier molecular flexibility index (Phi) is 8.53. The Morgan fingerprint density at radius 2 is 2.00 bits per heavy atom. The van der Waals surface area contributed by atoms with Crippen molar-refractivity contribution in [2.24, 2.45) is 0 Å². The topological polar surface area (TPSA) is 83.6 Å².